The van der Waals surface area contributed by atoms with E-state index in [9.17, 15) is 0 Å². The summed E-state index contributed by atoms with van der Waals surface area (Å²) in [6, 6.07) is 6.00. The number of aryl methyl sites for hydroxylation is 1. The Morgan fingerprint density at radius 2 is 1.15 bits per heavy atom. The molecule has 0 spiro atoms. The van der Waals surface area contributed by atoms with Gasteiger partial charge < -0.3 is 12.4 Å². The number of halogens is 1. The molecule has 1 rings (SSSR count). The van der Waals surface area contributed by atoms with Gasteiger partial charge in [-0.1, -0.05) is 69.4 Å². The molecule has 1 heterocycles. The Hall–Kier alpha value is -0.130. The molecule has 118 valence electrons. The summed E-state index contributed by atoms with van der Waals surface area (Å²) in [6.45, 7) is 19.0. The predicted octanol–water partition coefficient (Wildman–Crippen LogP) is 1.99. The normalized spacial score (nSPS) is 11.8. The van der Waals surface area contributed by atoms with E-state index in [4.69, 9.17) is 0 Å². The van der Waals surface area contributed by atoms with Crippen molar-refractivity contribution in [3.63, 3.8) is 0 Å². The lowest BCUT2D eigenvalue weighted by Gasteiger charge is -2.44. The fraction of sp³-hybridized carbons (Fsp3) is 0.706. The number of nitrogens with zero attached hydrogens (tertiary/aromatic N) is 1. The van der Waals surface area contributed by atoms with Crippen LogP contribution in [0.1, 0.15) is 55.4 Å². The molecule has 0 aliphatic heterocycles. The largest absolute Gasteiger partial charge is 1.00 e. The zero-order valence-corrected chi connectivity index (χ0v) is 16.4. The summed E-state index contributed by atoms with van der Waals surface area (Å²) in [5.41, 5.74) is 0.833. The Morgan fingerprint density at radius 3 is 1.25 bits per heavy atom. The Bertz CT molecular complexity index is 335. The van der Waals surface area contributed by atoms with Crippen molar-refractivity contribution in [2.24, 2.45) is 7.05 Å². The van der Waals surface area contributed by atoms with Crippen LogP contribution in [-0.4, -0.2) is 16.0 Å². The number of aromatic nitrogens is 1. The Morgan fingerprint density at radius 1 is 0.800 bits per heavy atom. The van der Waals surface area contributed by atoms with Crippen LogP contribution in [0.5, 0.6) is 0 Å². The van der Waals surface area contributed by atoms with E-state index < -0.39 is 0 Å². The standard InChI is InChI=1S/C11H25P.C6H8N.ClH/c1-9(2)12(10(3,4)5)11(6,7)8;1-7-5-3-2-4-6-7;/h9H,1-8H3;2-6H,1H3;1H/q;+1;/p-1. The first kappa shape index (κ1) is 22.2. The number of rotatable bonds is 1. The van der Waals surface area contributed by atoms with Crippen LogP contribution in [-0.2, 0) is 7.05 Å². The van der Waals surface area contributed by atoms with Crippen LogP contribution in [0.3, 0.4) is 0 Å². The molecule has 1 aromatic heterocycles. The van der Waals surface area contributed by atoms with Crippen molar-refractivity contribution in [3.05, 3.63) is 30.6 Å². The zero-order valence-electron chi connectivity index (χ0n) is 14.7. The molecule has 0 aliphatic rings. The maximum Gasteiger partial charge on any atom is 0.168 e. The Balaban J connectivity index is 0. The minimum absolute atomic E-state index is 0. The summed E-state index contributed by atoms with van der Waals surface area (Å²) < 4.78 is 2.00. The first-order valence-electron chi connectivity index (χ1n) is 7.16. The van der Waals surface area contributed by atoms with Gasteiger partial charge in [0.05, 0.1) is 0 Å². The highest BCUT2D eigenvalue weighted by Crippen LogP contribution is 2.62. The van der Waals surface area contributed by atoms with Crippen molar-refractivity contribution in [3.8, 4) is 0 Å². The first-order chi connectivity index (χ1) is 8.46. The van der Waals surface area contributed by atoms with Crippen molar-refractivity contribution in [2.75, 3.05) is 0 Å². The molecule has 0 saturated carbocycles. The van der Waals surface area contributed by atoms with Crippen LogP contribution in [0.15, 0.2) is 30.6 Å². The van der Waals surface area contributed by atoms with Gasteiger partial charge in [0.25, 0.3) is 0 Å². The fourth-order valence-electron chi connectivity index (χ4n) is 3.04. The molecule has 0 amide bonds. The van der Waals surface area contributed by atoms with Gasteiger partial charge in [-0.25, -0.2) is 4.57 Å². The van der Waals surface area contributed by atoms with E-state index in [1.807, 2.05) is 42.2 Å². The second kappa shape index (κ2) is 9.00. The third-order valence-corrected chi connectivity index (χ3v) is 6.75. The minimum Gasteiger partial charge on any atom is -1.00 e. The lowest BCUT2D eigenvalue weighted by molar-refractivity contribution is -0.671. The Kier molecular flexibility index (Phi) is 9.97. The lowest BCUT2D eigenvalue weighted by Crippen LogP contribution is -3.00. The topological polar surface area (TPSA) is 3.88 Å². The van der Waals surface area contributed by atoms with Crippen molar-refractivity contribution < 1.29 is 17.0 Å². The molecule has 0 N–H and O–H groups in total. The zero-order chi connectivity index (χ0) is 15.3. The summed E-state index contributed by atoms with van der Waals surface area (Å²) >= 11 is 0. The van der Waals surface area contributed by atoms with Crippen LogP contribution in [0.25, 0.3) is 0 Å². The molecule has 0 atom stereocenters. The second-order valence-electron chi connectivity index (χ2n) is 7.35. The number of pyridine rings is 1. The summed E-state index contributed by atoms with van der Waals surface area (Å²) in [5.74, 6) is 0. The van der Waals surface area contributed by atoms with Crippen molar-refractivity contribution >= 4 is 7.92 Å². The molecule has 0 bridgehead atoms. The van der Waals surface area contributed by atoms with Gasteiger partial charge in [0.1, 0.15) is 7.05 Å². The first-order valence-corrected chi connectivity index (χ1v) is 8.57. The third kappa shape index (κ3) is 8.93. The van der Waals surface area contributed by atoms with E-state index in [0.29, 0.717) is 10.3 Å². The third-order valence-electron chi connectivity index (χ3n) is 2.83. The van der Waals surface area contributed by atoms with Crippen LogP contribution in [0, 0.1) is 0 Å². The smallest absolute Gasteiger partial charge is 0.168 e. The van der Waals surface area contributed by atoms with Crippen LogP contribution in [0.2, 0.25) is 0 Å². The van der Waals surface area contributed by atoms with Gasteiger partial charge in [-0.2, -0.15) is 0 Å². The van der Waals surface area contributed by atoms with Crippen molar-refractivity contribution in [1.29, 1.82) is 0 Å². The quantitative estimate of drug-likeness (QED) is 0.551. The van der Waals surface area contributed by atoms with Crippen LogP contribution < -0.4 is 17.0 Å². The van der Waals surface area contributed by atoms with Gasteiger partial charge in [0.2, 0.25) is 0 Å². The average molecular weight is 318 g/mol. The SMILES string of the molecule is CC(C)P(C(C)(C)C)C(C)(C)C.C[n+]1ccccc1.[Cl-]. The van der Waals surface area contributed by atoms with Gasteiger partial charge in [0, 0.05) is 12.1 Å². The fourth-order valence-corrected chi connectivity index (χ4v) is 8.15. The number of hydrogen-bond donors (Lipinski definition) is 0. The maximum atomic E-state index is 2.38. The van der Waals surface area contributed by atoms with E-state index in [1.54, 1.807) is 0 Å². The highest BCUT2D eigenvalue weighted by molar-refractivity contribution is 7.61. The molecule has 0 aromatic carbocycles. The summed E-state index contributed by atoms with van der Waals surface area (Å²) in [7, 11) is 2.10. The molecular formula is C17H33ClNP. The van der Waals surface area contributed by atoms with Gasteiger partial charge in [0.15, 0.2) is 12.4 Å². The van der Waals surface area contributed by atoms with Gasteiger partial charge in [-0.05, 0) is 16.0 Å². The highest BCUT2D eigenvalue weighted by Gasteiger charge is 2.35. The second-order valence-corrected chi connectivity index (χ2v) is 11.8. The molecule has 0 unspecified atom stereocenters. The molecule has 0 radical (unpaired) electrons. The van der Waals surface area contributed by atoms with Gasteiger partial charge in [-0.15, -0.1) is 0 Å². The van der Waals surface area contributed by atoms with E-state index >= 15 is 0 Å². The highest BCUT2D eigenvalue weighted by atomic mass is 35.5. The number of hydrogen-bond acceptors (Lipinski definition) is 0. The van der Waals surface area contributed by atoms with E-state index in [-0.39, 0.29) is 20.3 Å². The molecule has 0 saturated heterocycles. The Labute approximate surface area is 134 Å². The lowest BCUT2D eigenvalue weighted by atomic mass is 10.2. The molecule has 0 aliphatic carbocycles. The monoisotopic (exact) mass is 317 g/mol. The summed E-state index contributed by atoms with van der Waals surface area (Å²) in [5, 5.41) is 0.976. The summed E-state index contributed by atoms with van der Waals surface area (Å²) in [4.78, 5) is 0. The molecule has 0 fully saturated rings. The van der Waals surface area contributed by atoms with E-state index in [2.05, 4.69) is 55.4 Å². The van der Waals surface area contributed by atoms with Crippen LogP contribution >= 0.6 is 7.92 Å². The van der Waals surface area contributed by atoms with Gasteiger partial charge >= 0.3 is 0 Å². The van der Waals surface area contributed by atoms with Crippen molar-refractivity contribution in [1.82, 2.24) is 0 Å². The summed E-state index contributed by atoms with van der Waals surface area (Å²) in [6.07, 6.45) is 4.00. The van der Waals surface area contributed by atoms with Gasteiger partial charge in [-0.3, -0.25) is 0 Å². The molecular weight excluding hydrogens is 285 g/mol. The van der Waals surface area contributed by atoms with E-state index in [0.717, 1.165) is 5.66 Å². The molecule has 1 nitrogen and oxygen atoms in total. The van der Waals surface area contributed by atoms with E-state index in [1.165, 1.54) is 0 Å². The average Bonchev–Trinajstić information content (AvgIpc) is 2.13. The maximum absolute atomic E-state index is 2.38. The molecule has 20 heavy (non-hydrogen) atoms. The molecule has 3 heteroatoms. The predicted molar refractivity (Wildman–Crippen MR) is 89.2 cm³/mol. The minimum atomic E-state index is 0. The van der Waals surface area contributed by atoms with Crippen molar-refractivity contribution in [2.45, 2.75) is 71.4 Å². The molecule has 1 aromatic rings. The van der Waals surface area contributed by atoms with Crippen LogP contribution in [0.4, 0.5) is 0 Å².